The zero-order valence-electron chi connectivity index (χ0n) is 11.7. The van der Waals surface area contributed by atoms with Gasteiger partial charge in [-0.15, -0.1) is 0 Å². The molecule has 5 nitrogen and oxygen atoms in total. The van der Waals surface area contributed by atoms with Crippen molar-refractivity contribution in [2.75, 3.05) is 0 Å². The molecule has 2 unspecified atom stereocenters. The molecule has 0 aliphatic rings. The van der Waals surface area contributed by atoms with Crippen LogP contribution in [0.3, 0.4) is 0 Å². The van der Waals surface area contributed by atoms with Gasteiger partial charge in [-0.25, -0.2) is 4.79 Å². The van der Waals surface area contributed by atoms with Gasteiger partial charge in [0.2, 0.25) is 0 Å². The second-order valence-corrected chi connectivity index (χ2v) is 5.47. The van der Waals surface area contributed by atoms with Gasteiger partial charge in [0, 0.05) is 0 Å². The van der Waals surface area contributed by atoms with Crippen LogP contribution < -0.4 is 5.32 Å². The number of phenols is 1. The fourth-order valence-electron chi connectivity index (χ4n) is 1.57. The number of aliphatic hydroxyl groups excluding tert-OH is 1. The number of rotatable bonds is 3. The van der Waals surface area contributed by atoms with E-state index >= 15 is 0 Å². The molecule has 1 amide bonds. The third-order valence-electron chi connectivity index (χ3n) is 2.43. The molecule has 106 valence electrons. The number of hydrogen-bond donors (Lipinski definition) is 3. The lowest BCUT2D eigenvalue weighted by Gasteiger charge is -2.24. The van der Waals surface area contributed by atoms with E-state index in [4.69, 9.17) is 4.74 Å². The van der Waals surface area contributed by atoms with Crippen molar-refractivity contribution >= 4 is 6.09 Å². The molecule has 1 rings (SSSR count). The Hall–Kier alpha value is -1.75. The first-order chi connectivity index (χ1) is 8.69. The molecule has 0 fully saturated rings. The van der Waals surface area contributed by atoms with Crippen LogP contribution in [0.1, 0.15) is 39.4 Å². The molecular formula is C14H21NO4. The summed E-state index contributed by atoms with van der Waals surface area (Å²) in [5.41, 5.74) is -0.0525. The molecular weight excluding hydrogens is 246 g/mol. The number of nitrogens with one attached hydrogen (secondary N) is 1. The molecule has 0 aromatic heterocycles. The number of carbonyl (C=O) groups is 1. The van der Waals surface area contributed by atoms with E-state index in [1.165, 1.54) is 12.1 Å². The maximum atomic E-state index is 11.6. The van der Waals surface area contributed by atoms with Crippen molar-refractivity contribution < 1.29 is 19.7 Å². The Morgan fingerprint density at radius 3 is 2.53 bits per heavy atom. The fraction of sp³-hybridized carbons (Fsp3) is 0.500. The summed E-state index contributed by atoms with van der Waals surface area (Å²) in [6.45, 7) is 6.97. The quantitative estimate of drug-likeness (QED) is 0.785. The number of carbonyl (C=O) groups excluding carboxylic acids is 1. The minimum atomic E-state index is -0.917. The first kappa shape index (κ1) is 15.3. The molecule has 3 N–H and O–H groups in total. The number of aliphatic hydroxyl groups is 1. The molecule has 1 aromatic carbocycles. The van der Waals surface area contributed by atoms with Gasteiger partial charge < -0.3 is 20.3 Å². The summed E-state index contributed by atoms with van der Waals surface area (Å²) in [7, 11) is 0. The van der Waals surface area contributed by atoms with Crippen LogP contribution in [0.2, 0.25) is 0 Å². The van der Waals surface area contributed by atoms with Gasteiger partial charge in [0.05, 0.1) is 12.1 Å². The maximum Gasteiger partial charge on any atom is 0.407 e. The highest BCUT2D eigenvalue weighted by molar-refractivity contribution is 5.68. The average molecular weight is 267 g/mol. The Morgan fingerprint density at radius 2 is 2.00 bits per heavy atom. The van der Waals surface area contributed by atoms with Crippen molar-refractivity contribution in [2.45, 2.75) is 45.4 Å². The Balaban J connectivity index is 2.63. The van der Waals surface area contributed by atoms with Gasteiger partial charge >= 0.3 is 6.09 Å². The zero-order valence-corrected chi connectivity index (χ0v) is 11.7. The van der Waals surface area contributed by atoms with E-state index in [-0.39, 0.29) is 5.75 Å². The van der Waals surface area contributed by atoms with Crippen LogP contribution in [-0.2, 0) is 4.74 Å². The van der Waals surface area contributed by atoms with Crippen LogP contribution >= 0.6 is 0 Å². The zero-order chi connectivity index (χ0) is 14.6. The van der Waals surface area contributed by atoms with Crippen LogP contribution in [0.4, 0.5) is 4.79 Å². The second-order valence-electron chi connectivity index (χ2n) is 5.47. The van der Waals surface area contributed by atoms with E-state index in [0.29, 0.717) is 5.56 Å². The summed E-state index contributed by atoms with van der Waals surface area (Å²) >= 11 is 0. The number of ether oxygens (including phenoxy) is 1. The summed E-state index contributed by atoms with van der Waals surface area (Å²) in [6.07, 6.45) is -1.50. The topological polar surface area (TPSA) is 78.8 Å². The van der Waals surface area contributed by atoms with Crippen molar-refractivity contribution in [3.8, 4) is 5.75 Å². The van der Waals surface area contributed by atoms with Crippen molar-refractivity contribution in [3.05, 3.63) is 29.8 Å². The van der Waals surface area contributed by atoms with E-state index < -0.39 is 23.8 Å². The molecule has 0 spiro atoms. The molecule has 0 aliphatic heterocycles. The second kappa shape index (κ2) is 5.93. The molecule has 0 saturated carbocycles. The first-order valence-electron chi connectivity index (χ1n) is 6.15. The molecule has 2 atom stereocenters. The number of alkyl carbamates (subject to hydrolysis) is 1. The predicted octanol–water partition coefficient (Wildman–Crippen LogP) is 2.34. The van der Waals surface area contributed by atoms with Crippen molar-refractivity contribution in [2.24, 2.45) is 0 Å². The molecule has 0 bridgehead atoms. The first-order valence-corrected chi connectivity index (χ1v) is 6.15. The van der Waals surface area contributed by atoms with Gasteiger partial charge in [0.25, 0.3) is 0 Å². The Morgan fingerprint density at radius 1 is 1.37 bits per heavy atom. The number of amides is 1. The summed E-state index contributed by atoms with van der Waals surface area (Å²) in [5, 5.41) is 22.0. The fourth-order valence-corrected chi connectivity index (χ4v) is 1.57. The highest BCUT2D eigenvalue weighted by Gasteiger charge is 2.22. The molecule has 0 radical (unpaired) electrons. The SMILES string of the molecule is CC(NC(=O)OC(C)(C)C)C(O)c1cccc(O)c1. The summed E-state index contributed by atoms with van der Waals surface area (Å²) in [6, 6.07) is 5.75. The highest BCUT2D eigenvalue weighted by atomic mass is 16.6. The highest BCUT2D eigenvalue weighted by Crippen LogP contribution is 2.21. The third kappa shape index (κ3) is 5.18. The summed E-state index contributed by atoms with van der Waals surface area (Å²) in [5.74, 6) is 0.0704. The number of phenolic OH excluding ortho intramolecular Hbond substituents is 1. The van der Waals surface area contributed by atoms with Gasteiger partial charge in [-0.1, -0.05) is 12.1 Å². The van der Waals surface area contributed by atoms with E-state index in [1.807, 2.05) is 0 Å². The van der Waals surface area contributed by atoms with Crippen LogP contribution in [0, 0.1) is 0 Å². The van der Waals surface area contributed by atoms with Gasteiger partial charge in [0.15, 0.2) is 0 Å². The minimum Gasteiger partial charge on any atom is -0.508 e. The lowest BCUT2D eigenvalue weighted by atomic mass is 10.0. The van der Waals surface area contributed by atoms with Crippen LogP contribution in [0.15, 0.2) is 24.3 Å². The van der Waals surface area contributed by atoms with E-state index in [1.54, 1.807) is 39.8 Å². The molecule has 19 heavy (non-hydrogen) atoms. The Bertz CT molecular complexity index is 439. The maximum absolute atomic E-state index is 11.6. The molecule has 0 heterocycles. The predicted molar refractivity (Wildman–Crippen MR) is 71.9 cm³/mol. The minimum absolute atomic E-state index is 0.0704. The lowest BCUT2D eigenvalue weighted by Crippen LogP contribution is -2.40. The molecule has 5 heteroatoms. The van der Waals surface area contributed by atoms with E-state index in [2.05, 4.69) is 5.32 Å². The van der Waals surface area contributed by atoms with Crippen LogP contribution in [0.25, 0.3) is 0 Å². The number of benzene rings is 1. The summed E-state index contributed by atoms with van der Waals surface area (Å²) < 4.78 is 5.11. The number of hydrogen-bond acceptors (Lipinski definition) is 4. The van der Waals surface area contributed by atoms with Gasteiger partial charge in [-0.3, -0.25) is 0 Å². The summed E-state index contributed by atoms with van der Waals surface area (Å²) in [4.78, 5) is 11.6. The molecule has 1 aromatic rings. The lowest BCUT2D eigenvalue weighted by molar-refractivity contribution is 0.0436. The van der Waals surface area contributed by atoms with Crippen LogP contribution in [0.5, 0.6) is 5.75 Å². The average Bonchev–Trinajstić information content (AvgIpc) is 2.25. The van der Waals surface area contributed by atoms with Gasteiger partial charge in [-0.2, -0.15) is 0 Å². The monoisotopic (exact) mass is 267 g/mol. The molecule has 0 aliphatic carbocycles. The third-order valence-corrected chi connectivity index (χ3v) is 2.43. The molecule has 0 saturated heterocycles. The van der Waals surface area contributed by atoms with Crippen LogP contribution in [-0.4, -0.2) is 27.9 Å². The van der Waals surface area contributed by atoms with E-state index in [9.17, 15) is 15.0 Å². The largest absolute Gasteiger partial charge is 0.508 e. The Kier molecular flexibility index (Phi) is 4.78. The van der Waals surface area contributed by atoms with Gasteiger partial charge in [0.1, 0.15) is 11.4 Å². The van der Waals surface area contributed by atoms with Crippen molar-refractivity contribution in [3.63, 3.8) is 0 Å². The number of aromatic hydroxyl groups is 1. The van der Waals surface area contributed by atoms with E-state index in [0.717, 1.165) is 0 Å². The normalized spacial score (nSPS) is 14.6. The van der Waals surface area contributed by atoms with Crippen molar-refractivity contribution in [1.29, 1.82) is 0 Å². The smallest absolute Gasteiger partial charge is 0.407 e. The Labute approximate surface area is 113 Å². The van der Waals surface area contributed by atoms with Gasteiger partial charge in [-0.05, 0) is 45.4 Å². The standard InChI is InChI=1S/C14H21NO4/c1-9(15-13(18)19-14(2,3)4)12(17)10-6-5-7-11(16)8-10/h5-9,12,16-17H,1-4H3,(H,15,18). The van der Waals surface area contributed by atoms with Crippen molar-refractivity contribution in [1.82, 2.24) is 5.32 Å².